The normalized spacial score (nSPS) is 19.7. The summed E-state index contributed by atoms with van der Waals surface area (Å²) in [5, 5.41) is 6.12. The second-order valence-corrected chi connectivity index (χ2v) is 4.06. The van der Waals surface area contributed by atoms with E-state index < -0.39 is 12.6 Å². The third kappa shape index (κ3) is 7.03. The first-order valence-corrected chi connectivity index (χ1v) is 5.78. The highest BCUT2D eigenvalue weighted by Crippen LogP contribution is 2.17. The van der Waals surface area contributed by atoms with Crippen LogP contribution in [0, 0.1) is 0 Å². The first-order chi connectivity index (χ1) is 7.58. The van der Waals surface area contributed by atoms with Gasteiger partial charge in [0, 0.05) is 32.7 Å². The lowest BCUT2D eigenvalue weighted by atomic mass is 10.3. The van der Waals surface area contributed by atoms with Gasteiger partial charge in [0.1, 0.15) is 0 Å². The van der Waals surface area contributed by atoms with Crippen LogP contribution in [0.3, 0.4) is 0 Å². The van der Waals surface area contributed by atoms with E-state index in [1.165, 1.54) is 0 Å². The van der Waals surface area contributed by atoms with Crippen LogP contribution < -0.4 is 10.6 Å². The molecule has 0 bridgehead atoms. The number of alkyl halides is 3. The second kappa shape index (κ2) is 7.09. The van der Waals surface area contributed by atoms with Crippen molar-refractivity contribution in [2.24, 2.45) is 0 Å². The van der Waals surface area contributed by atoms with Crippen molar-refractivity contribution in [3.8, 4) is 0 Å². The van der Waals surface area contributed by atoms with Crippen molar-refractivity contribution in [1.29, 1.82) is 0 Å². The van der Waals surface area contributed by atoms with Gasteiger partial charge in [-0.05, 0) is 19.5 Å². The van der Waals surface area contributed by atoms with E-state index in [4.69, 9.17) is 0 Å². The van der Waals surface area contributed by atoms with Gasteiger partial charge in [0.05, 0.1) is 6.42 Å². The highest BCUT2D eigenvalue weighted by atomic mass is 19.4. The third-order valence-corrected chi connectivity index (χ3v) is 2.62. The van der Waals surface area contributed by atoms with Gasteiger partial charge in [-0.25, -0.2) is 0 Å². The summed E-state index contributed by atoms with van der Waals surface area (Å²) in [4.78, 5) is 2.28. The molecule has 1 saturated heterocycles. The molecule has 1 aliphatic heterocycles. The summed E-state index contributed by atoms with van der Waals surface area (Å²) in [5.74, 6) is 0. The first-order valence-electron chi connectivity index (χ1n) is 5.78. The Bertz CT molecular complexity index is 177. The van der Waals surface area contributed by atoms with Crippen molar-refractivity contribution in [3.05, 3.63) is 0 Å². The van der Waals surface area contributed by atoms with Crippen LogP contribution in [0.15, 0.2) is 0 Å². The monoisotopic (exact) mass is 239 g/mol. The molecule has 0 aromatic carbocycles. The molecule has 96 valence electrons. The standard InChI is InChI=1S/C10H20F3N3/c11-10(12,13)2-4-15-6-9-16-7-1-3-14-5-8-16/h14-15H,1-9H2. The van der Waals surface area contributed by atoms with Crippen LogP contribution in [0.2, 0.25) is 0 Å². The zero-order chi connectivity index (χ0) is 11.9. The van der Waals surface area contributed by atoms with Gasteiger partial charge in [-0.3, -0.25) is 0 Å². The summed E-state index contributed by atoms with van der Waals surface area (Å²) in [5.41, 5.74) is 0. The minimum absolute atomic E-state index is 0.0234. The Kier molecular flexibility index (Phi) is 6.08. The molecule has 0 aromatic rings. The van der Waals surface area contributed by atoms with Gasteiger partial charge >= 0.3 is 6.18 Å². The Hall–Kier alpha value is -0.330. The molecule has 16 heavy (non-hydrogen) atoms. The smallest absolute Gasteiger partial charge is 0.315 e. The van der Waals surface area contributed by atoms with Crippen molar-refractivity contribution in [1.82, 2.24) is 15.5 Å². The highest BCUT2D eigenvalue weighted by Gasteiger charge is 2.25. The number of hydrogen-bond acceptors (Lipinski definition) is 3. The quantitative estimate of drug-likeness (QED) is 0.696. The zero-order valence-electron chi connectivity index (χ0n) is 9.45. The SMILES string of the molecule is FC(F)(F)CCNCCN1CCCNCC1. The molecule has 3 nitrogen and oxygen atoms in total. The van der Waals surface area contributed by atoms with Gasteiger partial charge in [0.25, 0.3) is 0 Å². The molecule has 1 fully saturated rings. The topological polar surface area (TPSA) is 27.3 Å². The summed E-state index contributed by atoms with van der Waals surface area (Å²) >= 11 is 0. The van der Waals surface area contributed by atoms with Crippen LogP contribution in [0.4, 0.5) is 13.2 Å². The van der Waals surface area contributed by atoms with Crippen molar-refractivity contribution in [3.63, 3.8) is 0 Å². The van der Waals surface area contributed by atoms with E-state index in [-0.39, 0.29) is 6.54 Å². The summed E-state index contributed by atoms with van der Waals surface area (Å²) in [6.07, 6.45) is -3.67. The summed E-state index contributed by atoms with van der Waals surface area (Å²) < 4.78 is 35.5. The van der Waals surface area contributed by atoms with E-state index in [1.807, 2.05) is 0 Å². The molecule has 2 N–H and O–H groups in total. The maximum absolute atomic E-state index is 11.8. The Labute approximate surface area is 94.4 Å². The minimum Gasteiger partial charge on any atom is -0.315 e. The Morgan fingerprint density at radius 3 is 2.69 bits per heavy atom. The molecular formula is C10H20F3N3. The molecule has 0 aliphatic carbocycles. The molecule has 0 amide bonds. The average molecular weight is 239 g/mol. The number of nitrogens with one attached hydrogen (secondary N) is 2. The van der Waals surface area contributed by atoms with Crippen LogP contribution in [0.1, 0.15) is 12.8 Å². The van der Waals surface area contributed by atoms with Gasteiger partial charge in [0.2, 0.25) is 0 Å². The van der Waals surface area contributed by atoms with Crippen LogP contribution in [-0.4, -0.2) is 56.9 Å². The largest absolute Gasteiger partial charge is 0.390 e. The van der Waals surface area contributed by atoms with E-state index in [2.05, 4.69) is 15.5 Å². The lowest BCUT2D eigenvalue weighted by Crippen LogP contribution is -2.35. The lowest BCUT2D eigenvalue weighted by molar-refractivity contribution is -0.133. The minimum atomic E-state index is -4.04. The summed E-state index contributed by atoms with van der Waals surface area (Å²) in [6.45, 7) is 5.53. The highest BCUT2D eigenvalue weighted by molar-refractivity contribution is 4.66. The maximum Gasteiger partial charge on any atom is 0.390 e. The predicted octanol–water partition coefficient (Wildman–Crippen LogP) is 0.824. The molecule has 6 heteroatoms. The van der Waals surface area contributed by atoms with E-state index >= 15 is 0 Å². The molecule has 0 atom stereocenters. The fraction of sp³-hybridized carbons (Fsp3) is 1.00. The average Bonchev–Trinajstić information content (AvgIpc) is 2.44. The second-order valence-electron chi connectivity index (χ2n) is 4.06. The Morgan fingerprint density at radius 2 is 1.94 bits per heavy atom. The fourth-order valence-corrected chi connectivity index (χ4v) is 1.72. The van der Waals surface area contributed by atoms with Gasteiger partial charge < -0.3 is 15.5 Å². The molecule has 1 rings (SSSR count). The maximum atomic E-state index is 11.8. The molecule has 0 aromatic heterocycles. The number of halogens is 3. The van der Waals surface area contributed by atoms with Crippen LogP contribution in [0.25, 0.3) is 0 Å². The molecule has 0 saturated carbocycles. The van der Waals surface area contributed by atoms with Crippen molar-refractivity contribution >= 4 is 0 Å². The van der Waals surface area contributed by atoms with E-state index in [1.54, 1.807) is 0 Å². The van der Waals surface area contributed by atoms with Gasteiger partial charge in [-0.1, -0.05) is 0 Å². The Balaban J connectivity index is 1.97. The van der Waals surface area contributed by atoms with Gasteiger partial charge in [-0.15, -0.1) is 0 Å². The van der Waals surface area contributed by atoms with Crippen molar-refractivity contribution in [2.75, 3.05) is 45.8 Å². The predicted molar refractivity (Wildman–Crippen MR) is 57.5 cm³/mol. The van der Waals surface area contributed by atoms with Crippen molar-refractivity contribution in [2.45, 2.75) is 19.0 Å². The van der Waals surface area contributed by atoms with Crippen LogP contribution >= 0.6 is 0 Å². The zero-order valence-corrected chi connectivity index (χ0v) is 9.45. The van der Waals surface area contributed by atoms with Crippen LogP contribution in [0.5, 0.6) is 0 Å². The lowest BCUT2D eigenvalue weighted by Gasteiger charge is -2.19. The van der Waals surface area contributed by atoms with Gasteiger partial charge in [-0.2, -0.15) is 13.2 Å². The van der Waals surface area contributed by atoms with E-state index in [9.17, 15) is 13.2 Å². The van der Waals surface area contributed by atoms with Crippen molar-refractivity contribution < 1.29 is 13.2 Å². The summed E-state index contributed by atoms with van der Waals surface area (Å²) in [6, 6.07) is 0. The molecule has 0 unspecified atom stereocenters. The Morgan fingerprint density at radius 1 is 1.12 bits per heavy atom. The summed E-state index contributed by atoms with van der Waals surface area (Å²) in [7, 11) is 0. The van der Waals surface area contributed by atoms with E-state index in [0.717, 1.165) is 39.1 Å². The van der Waals surface area contributed by atoms with Crippen LogP contribution in [-0.2, 0) is 0 Å². The number of rotatable bonds is 5. The molecular weight excluding hydrogens is 219 g/mol. The van der Waals surface area contributed by atoms with Gasteiger partial charge in [0.15, 0.2) is 0 Å². The molecule has 1 heterocycles. The van der Waals surface area contributed by atoms with E-state index in [0.29, 0.717) is 6.54 Å². The third-order valence-electron chi connectivity index (χ3n) is 2.62. The fourth-order valence-electron chi connectivity index (χ4n) is 1.72. The number of nitrogens with zero attached hydrogens (tertiary/aromatic N) is 1. The molecule has 1 aliphatic rings. The number of hydrogen-bond donors (Lipinski definition) is 2. The molecule has 0 spiro atoms. The first kappa shape index (κ1) is 13.7. The molecule has 0 radical (unpaired) electrons.